The summed E-state index contributed by atoms with van der Waals surface area (Å²) < 4.78 is 0. The minimum absolute atomic E-state index is 0.290. The third kappa shape index (κ3) is 5.34. The SMILES string of the molecule is O=C(/C=C/c1ccc(O)c(O)c1)[C@H]1C[C@@](C(=O)O)(C(=O)/C=C/c2ccc(O)c(O)c2)C[C@H](O)[C@H]1O. The molecule has 0 saturated heterocycles. The van der Waals surface area contributed by atoms with Gasteiger partial charge in [0, 0.05) is 0 Å². The molecule has 184 valence electrons. The van der Waals surface area contributed by atoms with Crippen molar-refractivity contribution in [1.82, 2.24) is 0 Å². The number of aliphatic hydroxyl groups is 2. The fraction of sp³-hybridized carbons (Fsp3) is 0.240. The van der Waals surface area contributed by atoms with E-state index in [0.29, 0.717) is 11.1 Å². The molecule has 10 nitrogen and oxygen atoms in total. The van der Waals surface area contributed by atoms with E-state index in [-0.39, 0.29) is 11.5 Å². The largest absolute Gasteiger partial charge is 0.504 e. The van der Waals surface area contributed by atoms with E-state index in [2.05, 4.69) is 0 Å². The topological polar surface area (TPSA) is 193 Å². The second-order valence-electron chi connectivity index (χ2n) is 8.39. The molecule has 0 radical (unpaired) electrons. The van der Waals surface area contributed by atoms with Crippen LogP contribution in [-0.2, 0) is 14.4 Å². The Balaban J connectivity index is 1.87. The zero-order chi connectivity index (χ0) is 25.9. The molecular weight excluding hydrogens is 460 g/mol. The fourth-order valence-corrected chi connectivity index (χ4v) is 4.00. The maximum Gasteiger partial charge on any atom is 0.317 e. The maximum absolute atomic E-state index is 13.0. The minimum atomic E-state index is -2.20. The number of aliphatic carboxylic acids is 1. The predicted molar refractivity (Wildman–Crippen MR) is 122 cm³/mol. The Labute approximate surface area is 199 Å². The summed E-state index contributed by atoms with van der Waals surface area (Å²) in [5, 5.41) is 68.6. The number of aromatic hydroxyl groups is 4. The molecular formula is C25H24O10. The summed E-state index contributed by atoms with van der Waals surface area (Å²) in [6.07, 6.45) is -0.00534. The van der Waals surface area contributed by atoms with Gasteiger partial charge in [-0.05, 0) is 60.4 Å². The van der Waals surface area contributed by atoms with Gasteiger partial charge < -0.3 is 35.7 Å². The third-order valence-corrected chi connectivity index (χ3v) is 6.05. The van der Waals surface area contributed by atoms with Gasteiger partial charge in [-0.1, -0.05) is 24.3 Å². The highest BCUT2D eigenvalue weighted by Crippen LogP contribution is 2.42. The fourth-order valence-electron chi connectivity index (χ4n) is 4.00. The molecule has 0 bridgehead atoms. The number of phenols is 4. The summed E-state index contributed by atoms with van der Waals surface area (Å²) in [6.45, 7) is 0. The number of allylic oxidation sites excluding steroid dienone is 2. The normalized spacial score (nSPS) is 24.6. The Kier molecular flexibility index (Phi) is 7.28. The smallest absolute Gasteiger partial charge is 0.317 e. The van der Waals surface area contributed by atoms with Gasteiger partial charge in [-0.3, -0.25) is 14.4 Å². The molecule has 3 rings (SSSR count). The van der Waals surface area contributed by atoms with Crippen LogP contribution in [0.4, 0.5) is 0 Å². The predicted octanol–water partition coefficient (Wildman–Crippen LogP) is 1.58. The van der Waals surface area contributed by atoms with Crippen LogP contribution in [0.2, 0.25) is 0 Å². The molecule has 0 aromatic heterocycles. The van der Waals surface area contributed by atoms with Crippen LogP contribution >= 0.6 is 0 Å². The van der Waals surface area contributed by atoms with Gasteiger partial charge in [0.1, 0.15) is 5.41 Å². The van der Waals surface area contributed by atoms with E-state index in [0.717, 1.165) is 18.2 Å². The van der Waals surface area contributed by atoms with E-state index < -0.39 is 65.4 Å². The molecule has 35 heavy (non-hydrogen) atoms. The second kappa shape index (κ2) is 10.00. The molecule has 1 fully saturated rings. The molecule has 1 aliphatic carbocycles. The van der Waals surface area contributed by atoms with Crippen LogP contribution in [-0.4, -0.2) is 65.5 Å². The van der Waals surface area contributed by atoms with Crippen molar-refractivity contribution >= 4 is 29.7 Å². The van der Waals surface area contributed by atoms with Gasteiger partial charge in [-0.15, -0.1) is 0 Å². The van der Waals surface area contributed by atoms with Crippen molar-refractivity contribution in [2.24, 2.45) is 11.3 Å². The number of carboxylic acid groups (broad SMARTS) is 1. The number of carboxylic acids is 1. The van der Waals surface area contributed by atoms with E-state index in [9.17, 15) is 50.1 Å². The molecule has 0 spiro atoms. The van der Waals surface area contributed by atoms with E-state index in [1.807, 2.05) is 0 Å². The van der Waals surface area contributed by atoms with Crippen LogP contribution in [0.3, 0.4) is 0 Å². The van der Waals surface area contributed by atoms with Crippen LogP contribution in [0, 0.1) is 11.3 Å². The lowest BCUT2D eigenvalue weighted by molar-refractivity contribution is -0.167. The van der Waals surface area contributed by atoms with E-state index in [1.165, 1.54) is 42.5 Å². The van der Waals surface area contributed by atoms with Gasteiger partial charge in [0.15, 0.2) is 34.6 Å². The number of hydrogen-bond donors (Lipinski definition) is 7. The number of hydrogen-bond acceptors (Lipinski definition) is 9. The standard InChI is InChI=1S/C25H24O10/c26-16(5-1-13-2-6-17(27)19(29)9-13)15-11-25(24(34)35,12-21(31)23(15)33)22(32)8-4-14-3-7-18(28)20(30)10-14/h1-10,15,21,23,27-31,33H,11-12H2,(H,34,35)/b5-1+,8-4+/t15-,21+,23+,25+/m1/s1. The summed E-state index contributed by atoms with van der Waals surface area (Å²) in [5.74, 6) is -6.25. The van der Waals surface area contributed by atoms with Crippen molar-refractivity contribution < 1.29 is 50.1 Å². The van der Waals surface area contributed by atoms with Crippen molar-refractivity contribution in [2.75, 3.05) is 0 Å². The highest BCUT2D eigenvalue weighted by molar-refractivity contribution is 6.11. The second-order valence-corrected chi connectivity index (χ2v) is 8.39. The Bertz CT molecular complexity index is 1210. The van der Waals surface area contributed by atoms with Crippen molar-refractivity contribution in [1.29, 1.82) is 0 Å². The van der Waals surface area contributed by atoms with Crippen molar-refractivity contribution in [3.63, 3.8) is 0 Å². The van der Waals surface area contributed by atoms with E-state index in [1.54, 1.807) is 0 Å². The van der Waals surface area contributed by atoms with Gasteiger partial charge in [0.05, 0.1) is 18.1 Å². The maximum atomic E-state index is 13.0. The quantitative estimate of drug-likeness (QED) is 0.172. The summed E-state index contributed by atoms with van der Waals surface area (Å²) in [7, 11) is 0. The highest BCUT2D eigenvalue weighted by Gasteiger charge is 2.55. The summed E-state index contributed by atoms with van der Waals surface area (Å²) >= 11 is 0. The lowest BCUT2D eigenvalue weighted by Gasteiger charge is -2.40. The Morgan fingerprint density at radius 2 is 1.29 bits per heavy atom. The average molecular weight is 484 g/mol. The van der Waals surface area contributed by atoms with E-state index in [4.69, 9.17) is 0 Å². The zero-order valence-electron chi connectivity index (χ0n) is 18.3. The molecule has 0 amide bonds. The molecule has 0 aliphatic heterocycles. The van der Waals surface area contributed by atoms with Crippen molar-refractivity contribution in [3.8, 4) is 23.0 Å². The minimum Gasteiger partial charge on any atom is -0.504 e. The monoisotopic (exact) mass is 484 g/mol. The lowest BCUT2D eigenvalue weighted by Crippen LogP contribution is -2.54. The number of aliphatic hydroxyl groups excluding tert-OH is 2. The zero-order valence-corrected chi connectivity index (χ0v) is 18.3. The summed E-state index contributed by atoms with van der Waals surface area (Å²) in [6, 6.07) is 7.51. The first-order valence-corrected chi connectivity index (χ1v) is 10.5. The number of ketones is 2. The number of carbonyl (C=O) groups excluding carboxylic acids is 2. The molecule has 4 atom stereocenters. The lowest BCUT2D eigenvalue weighted by atomic mass is 9.63. The van der Waals surface area contributed by atoms with Gasteiger partial charge in [-0.25, -0.2) is 0 Å². The number of carbonyl (C=O) groups is 3. The van der Waals surface area contributed by atoms with Crippen LogP contribution in [0.1, 0.15) is 24.0 Å². The molecule has 2 aromatic rings. The molecule has 2 aromatic carbocycles. The first-order valence-electron chi connectivity index (χ1n) is 10.5. The van der Waals surface area contributed by atoms with Crippen molar-refractivity contribution in [2.45, 2.75) is 25.0 Å². The van der Waals surface area contributed by atoms with Crippen LogP contribution in [0.25, 0.3) is 12.2 Å². The van der Waals surface area contributed by atoms with Gasteiger partial charge in [-0.2, -0.15) is 0 Å². The summed E-state index contributed by atoms with van der Waals surface area (Å²) in [4.78, 5) is 38.0. The number of benzene rings is 2. The van der Waals surface area contributed by atoms with Crippen molar-refractivity contribution in [3.05, 3.63) is 59.7 Å². The Morgan fingerprint density at radius 1 is 0.771 bits per heavy atom. The summed E-state index contributed by atoms with van der Waals surface area (Å²) in [5.41, 5.74) is -1.57. The van der Waals surface area contributed by atoms with Crippen LogP contribution < -0.4 is 0 Å². The van der Waals surface area contributed by atoms with E-state index >= 15 is 0 Å². The van der Waals surface area contributed by atoms with Crippen LogP contribution in [0.5, 0.6) is 23.0 Å². The molecule has 1 aliphatic rings. The van der Waals surface area contributed by atoms with Gasteiger partial charge >= 0.3 is 5.97 Å². The Morgan fingerprint density at radius 3 is 1.77 bits per heavy atom. The van der Waals surface area contributed by atoms with Gasteiger partial charge in [0.2, 0.25) is 0 Å². The first-order chi connectivity index (χ1) is 16.4. The molecule has 10 heteroatoms. The first kappa shape index (κ1) is 25.5. The van der Waals surface area contributed by atoms with Crippen LogP contribution in [0.15, 0.2) is 48.6 Å². The molecule has 1 saturated carbocycles. The molecule has 0 heterocycles. The third-order valence-electron chi connectivity index (χ3n) is 6.05. The average Bonchev–Trinajstić information content (AvgIpc) is 2.81. The number of rotatable bonds is 7. The molecule has 7 N–H and O–H groups in total. The van der Waals surface area contributed by atoms with Gasteiger partial charge in [0.25, 0.3) is 0 Å². The Hall–Kier alpha value is -4.15. The molecule has 0 unspecified atom stereocenters. The highest BCUT2D eigenvalue weighted by atomic mass is 16.4. The number of phenolic OH excluding ortho intramolecular Hbond substituents is 4.